The molecule has 1 rings (SSSR count). The molecule has 0 heterocycles. The quantitative estimate of drug-likeness (QED) is 0.553. The largest absolute Gasteiger partial charge is 0.504 e. The van der Waals surface area contributed by atoms with Gasteiger partial charge < -0.3 is 25.8 Å². The van der Waals surface area contributed by atoms with Crippen LogP contribution in [0.25, 0.3) is 0 Å². The summed E-state index contributed by atoms with van der Waals surface area (Å²) in [4.78, 5) is 0. The molecule has 0 bridgehead atoms. The number of methoxy groups -OCH3 is 1. The van der Waals surface area contributed by atoms with Crippen LogP contribution in [0.2, 0.25) is 0 Å². The third-order valence-corrected chi connectivity index (χ3v) is 1.88. The molecule has 1 atom stereocenters. The van der Waals surface area contributed by atoms with Crippen LogP contribution < -0.4 is 10.5 Å². The Balaban J connectivity index is 3.13. The Labute approximate surface area is 81.4 Å². The summed E-state index contributed by atoms with van der Waals surface area (Å²) in [5, 5.41) is 28.1. The molecule has 1 unspecified atom stereocenters. The van der Waals surface area contributed by atoms with Crippen molar-refractivity contribution in [3.8, 4) is 17.2 Å². The van der Waals surface area contributed by atoms with E-state index in [4.69, 9.17) is 10.5 Å². The summed E-state index contributed by atoms with van der Waals surface area (Å²) < 4.78 is 4.73. The minimum atomic E-state index is -0.905. The summed E-state index contributed by atoms with van der Waals surface area (Å²) in [6.07, 6.45) is -0.905. The van der Waals surface area contributed by atoms with Crippen LogP contribution in [0.5, 0.6) is 17.2 Å². The molecule has 0 amide bonds. The number of phenolic OH excluding ortho intramolecular Hbond substituents is 2. The number of aliphatic hydroxyl groups excluding tert-OH is 1. The second kappa shape index (κ2) is 4.17. The van der Waals surface area contributed by atoms with E-state index >= 15 is 0 Å². The topological polar surface area (TPSA) is 95.9 Å². The van der Waals surface area contributed by atoms with Crippen LogP contribution in [0.4, 0.5) is 0 Å². The Morgan fingerprint density at radius 1 is 1.36 bits per heavy atom. The highest BCUT2D eigenvalue weighted by atomic mass is 16.5. The van der Waals surface area contributed by atoms with Gasteiger partial charge in [0, 0.05) is 6.54 Å². The van der Waals surface area contributed by atoms with Gasteiger partial charge in [-0.05, 0) is 17.7 Å². The summed E-state index contributed by atoms with van der Waals surface area (Å²) in [5.41, 5.74) is 5.58. The fourth-order valence-electron chi connectivity index (χ4n) is 1.16. The molecule has 0 saturated heterocycles. The first kappa shape index (κ1) is 10.6. The van der Waals surface area contributed by atoms with Crippen LogP contribution in [-0.4, -0.2) is 29.0 Å². The zero-order valence-corrected chi connectivity index (χ0v) is 7.77. The second-order valence-corrected chi connectivity index (χ2v) is 2.84. The van der Waals surface area contributed by atoms with Crippen molar-refractivity contribution in [2.75, 3.05) is 13.7 Å². The summed E-state index contributed by atoms with van der Waals surface area (Å²) in [7, 11) is 1.33. The third-order valence-electron chi connectivity index (χ3n) is 1.88. The van der Waals surface area contributed by atoms with Gasteiger partial charge in [-0.15, -0.1) is 0 Å². The van der Waals surface area contributed by atoms with Crippen LogP contribution in [0.1, 0.15) is 11.7 Å². The molecule has 1 aromatic rings. The Kier molecular flexibility index (Phi) is 3.16. The monoisotopic (exact) mass is 199 g/mol. The van der Waals surface area contributed by atoms with Gasteiger partial charge in [-0.3, -0.25) is 0 Å². The standard InChI is InChI=1S/C9H13NO4/c1-14-9-6(11)2-5(3-7(9)12)8(13)4-10/h2-3,8,11-13H,4,10H2,1H3. The number of ether oxygens (including phenoxy) is 1. The van der Waals surface area contributed by atoms with Crippen LogP contribution in [0.3, 0.4) is 0 Å². The van der Waals surface area contributed by atoms with E-state index in [1.54, 1.807) is 0 Å². The minimum absolute atomic E-state index is 0.0158. The van der Waals surface area contributed by atoms with Gasteiger partial charge in [0.2, 0.25) is 5.75 Å². The molecule has 0 saturated carbocycles. The second-order valence-electron chi connectivity index (χ2n) is 2.84. The lowest BCUT2D eigenvalue weighted by Gasteiger charge is -2.11. The zero-order chi connectivity index (χ0) is 10.7. The van der Waals surface area contributed by atoms with E-state index in [0.717, 1.165) is 0 Å². The summed E-state index contributed by atoms with van der Waals surface area (Å²) >= 11 is 0. The molecule has 5 nitrogen and oxygen atoms in total. The number of hydrogen-bond donors (Lipinski definition) is 4. The van der Waals surface area contributed by atoms with Gasteiger partial charge in [-0.25, -0.2) is 0 Å². The van der Waals surface area contributed by atoms with Gasteiger partial charge in [0.1, 0.15) is 0 Å². The number of aromatic hydroxyl groups is 2. The predicted octanol–water partition coefficient (Wildman–Crippen LogP) is 0.0985. The van der Waals surface area contributed by atoms with Crippen molar-refractivity contribution in [2.45, 2.75) is 6.10 Å². The number of hydrogen-bond acceptors (Lipinski definition) is 5. The molecule has 14 heavy (non-hydrogen) atoms. The smallest absolute Gasteiger partial charge is 0.202 e. The lowest BCUT2D eigenvalue weighted by molar-refractivity contribution is 0.185. The first-order valence-corrected chi connectivity index (χ1v) is 4.08. The number of aliphatic hydroxyl groups is 1. The van der Waals surface area contributed by atoms with E-state index in [-0.39, 0.29) is 23.8 Å². The van der Waals surface area contributed by atoms with E-state index in [2.05, 4.69) is 0 Å². The van der Waals surface area contributed by atoms with Gasteiger partial charge in [0.05, 0.1) is 13.2 Å². The van der Waals surface area contributed by atoms with Crippen LogP contribution in [0, 0.1) is 0 Å². The Morgan fingerprint density at radius 3 is 2.21 bits per heavy atom. The van der Waals surface area contributed by atoms with Crippen LogP contribution in [0.15, 0.2) is 12.1 Å². The average molecular weight is 199 g/mol. The SMILES string of the molecule is COc1c(O)cc(C(O)CN)cc1O. The maximum atomic E-state index is 9.38. The van der Waals surface area contributed by atoms with Crippen molar-refractivity contribution in [3.63, 3.8) is 0 Å². The highest BCUT2D eigenvalue weighted by Crippen LogP contribution is 2.37. The molecular weight excluding hydrogens is 186 g/mol. The Bertz CT molecular complexity index is 304. The average Bonchev–Trinajstić information content (AvgIpc) is 2.16. The minimum Gasteiger partial charge on any atom is -0.504 e. The summed E-state index contributed by atoms with van der Waals surface area (Å²) in [6, 6.07) is 2.60. The maximum absolute atomic E-state index is 9.38. The fraction of sp³-hybridized carbons (Fsp3) is 0.333. The molecule has 0 aliphatic heterocycles. The molecule has 0 aliphatic rings. The Morgan fingerprint density at radius 2 is 1.86 bits per heavy atom. The molecule has 5 heteroatoms. The molecule has 0 aliphatic carbocycles. The highest BCUT2D eigenvalue weighted by Gasteiger charge is 2.13. The van der Waals surface area contributed by atoms with E-state index in [1.165, 1.54) is 19.2 Å². The van der Waals surface area contributed by atoms with Gasteiger partial charge in [0.25, 0.3) is 0 Å². The van der Waals surface area contributed by atoms with E-state index in [0.29, 0.717) is 5.56 Å². The molecular formula is C9H13NO4. The summed E-state index contributed by atoms with van der Waals surface area (Å²) in [6.45, 7) is 0.0191. The van der Waals surface area contributed by atoms with Crippen molar-refractivity contribution in [1.29, 1.82) is 0 Å². The Hall–Kier alpha value is -1.46. The first-order valence-electron chi connectivity index (χ1n) is 4.08. The maximum Gasteiger partial charge on any atom is 0.202 e. The van der Waals surface area contributed by atoms with Gasteiger partial charge in [-0.1, -0.05) is 0 Å². The number of phenols is 2. The molecule has 0 aromatic heterocycles. The van der Waals surface area contributed by atoms with E-state index in [1.807, 2.05) is 0 Å². The highest BCUT2D eigenvalue weighted by molar-refractivity contribution is 5.52. The van der Waals surface area contributed by atoms with Crippen molar-refractivity contribution < 1.29 is 20.1 Å². The van der Waals surface area contributed by atoms with Crippen LogP contribution >= 0.6 is 0 Å². The zero-order valence-electron chi connectivity index (χ0n) is 7.77. The van der Waals surface area contributed by atoms with Crippen molar-refractivity contribution in [2.24, 2.45) is 5.73 Å². The van der Waals surface area contributed by atoms with E-state index in [9.17, 15) is 15.3 Å². The van der Waals surface area contributed by atoms with Crippen molar-refractivity contribution in [3.05, 3.63) is 17.7 Å². The molecule has 0 fully saturated rings. The molecule has 5 N–H and O–H groups in total. The van der Waals surface area contributed by atoms with Gasteiger partial charge in [-0.2, -0.15) is 0 Å². The number of nitrogens with two attached hydrogens (primary N) is 1. The predicted molar refractivity (Wildman–Crippen MR) is 50.3 cm³/mol. The van der Waals surface area contributed by atoms with Crippen LogP contribution in [-0.2, 0) is 0 Å². The first-order chi connectivity index (χ1) is 6.60. The summed E-state index contributed by atoms with van der Waals surface area (Å²) in [5.74, 6) is -0.469. The van der Waals surface area contributed by atoms with Gasteiger partial charge >= 0.3 is 0 Å². The molecule has 0 radical (unpaired) electrons. The lowest BCUT2D eigenvalue weighted by Crippen LogP contribution is -2.11. The van der Waals surface area contributed by atoms with E-state index < -0.39 is 6.10 Å². The number of rotatable bonds is 3. The lowest BCUT2D eigenvalue weighted by atomic mass is 10.1. The normalized spacial score (nSPS) is 12.5. The number of benzene rings is 1. The van der Waals surface area contributed by atoms with Gasteiger partial charge in [0.15, 0.2) is 11.5 Å². The molecule has 0 spiro atoms. The van der Waals surface area contributed by atoms with Crippen molar-refractivity contribution in [1.82, 2.24) is 0 Å². The molecule has 1 aromatic carbocycles. The third kappa shape index (κ3) is 1.89. The van der Waals surface area contributed by atoms with Crippen molar-refractivity contribution >= 4 is 0 Å². The fourth-order valence-corrected chi connectivity index (χ4v) is 1.16. The molecule has 78 valence electrons.